The van der Waals surface area contributed by atoms with Crippen molar-refractivity contribution in [3.05, 3.63) is 18.3 Å². The standard InChI is InChI=1S/C12H17N3O2/c1-2-17-11-6-5-9(8-14-11)15-7-3-4-10(13)12(15)16/h5-6,8,10H,2-4,7,13H2,1H3. The Balaban J connectivity index is 2.13. The van der Waals surface area contributed by atoms with Crippen molar-refractivity contribution in [2.75, 3.05) is 18.1 Å². The van der Waals surface area contributed by atoms with Crippen LogP contribution in [-0.4, -0.2) is 30.1 Å². The lowest BCUT2D eigenvalue weighted by Crippen LogP contribution is -2.48. The number of pyridine rings is 1. The van der Waals surface area contributed by atoms with Gasteiger partial charge in [-0.1, -0.05) is 0 Å². The molecular weight excluding hydrogens is 218 g/mol. The number of amides is 1. The van der Waals surface area contributed by atoms with E-state index in [2.05, 4.69) is 4.98 Å². The summed E-state index contributed by atoms with van der Waals surface area (Å²) in [7, 11) is 0. The molecular formula is C12H17N3O2. The van der Waals surface area contributed by atoms with Gasteiger partial charge in [-0.05, 0) is 25.8 Å². The molecule has 1 aliphatic heterocycles. The third-order valence-corrected chi connectivity index (χ3v) is 2.80. The Morgan fingerprint density at radius 3 is 3.06 bits per heavy atom. The van der Waals surface area contributed by atoms with Crippen molar-refractivity contribution in [2.45, 2.75) is 25.8 Å². The maximum atomic E-state index is 11.9. The van der Waals surface area contributed by atoms with Gasteiger partial charge in [0.1, 0.15) is 0 Å². The second kappa shape index (κ2) is 5.14. The first-order valence-corrected chi connectivity index (χ1v) is 5.88. The van der Waals surface area contributed by atoms with E-state index >= 15 is 0 Å². The summed E-state index contributed by atoms with van der Waals surface area (Å²) in [6, 6.07) is 3.23. The van der Waals surface area contributed by atoms with Gasteiger partial charge in [0.25, 0.3) is 0 Å². The van der Waals surface area contributed by atoms with Crippen LogP contribution >= 0.6 is 0 Å². The van der Waals surface area contributed by atoms with Gasteiger partial charge in [-0.25, -0.2) is 4.98 Å². The fourth-order valence-electron chi connectivity index (χ4n) is 1.92. The van der Waals surface area contributed by atoms with Crippen molar-refractivity contribution in [3.8, 4) is 5.88 Å². The number of hydrogen-bond acceptors (Lipinski definition) is 4. The van der Waals surface area contributed by atoms with Crippen LogP contribution in [0.5, 0.6) is 5.88 Å². The minimum Gasteiger partial charge on any atom is -0.478 e. The number of carbonyl (C=O) groups is 1. The van der Waals surface area contributed by atoms with E-state index in [1.807, 2.05) is 13.0 Å². The van der Waals surface area contributed by atoms with Crippen LogP contribution in [0.15, 0.2) is 18.3 Å². The number of hydrogen-bond donors (Lipinski definition) is 1. The summed E-state index contributed by atoms with van der Waals surface area (Å²) in [5, 5.41) is 0. The molecule has 5 nitrogen and oxygen atoms in total. The number of aromatic nitrogens is 1. The van der Waals surface area contributed by atoms with Gasteiger partial charge in [-0.2, -0.15) is 0 Å². The Morgan fingerprint density at radius 1 is 1.59 bits per heavy atom. The molecule has 2 heterocycles. The highest BCUT2D eigenvalue weighted by Gasteiger charge is 2.26. The molecule has 1 aromatic rings. The molecule has 1 fully saturated rings. The number of piperidine rings is 1. The predicted molar refractivity (Wildman–Crippen MR) is 65.0 cm³/mol. The first-order chi connectivity index (χ1) is 8.22. The van der Waals surface area contributed by atoms with E-state index in [0.29, 0.717) is 19.0 Å². The summed E-state index contributed by atoms with van der Waals surface area (Å²) in [5.41, 5.74) is 6.53. The lowest BCUT2D eigenvalue weighted by atomic mass is 10.1. The molecule has 17 heavy (non-hydrogen) atoms. The summed E-state index contributed by atoms with van der Waals surface area (Å²) in [4.78, 5) is 17.7. The van der Waals surface area contributed by atoms with E-state index in [1.165, 1.54) is 0 Å². The van der Waals surface area contributed by atoms with Crippen LogP contribution < -0.4 is 15.4 Å². The second-order valence-corrected chi connectivity index (χ2v) is 4.03. The Kier molecular flexibility index (Phi) is 3.58. The summed E-state index contributed by atoms with van der Waals surface area (Å²) >= 11 is 0. The van der Waals surface area contributed by atoms with Crippen molar-refractivity contribution >= 4 is 11.6 Å². The van der Waals surface area contributed by atoms with Crippen LogP contribution in [-0.2, 0) is 4.79 Å². The van der Waals surface area contributed by atoms with E-state index in [9.17, 15) is 4.79 Å². The molecule has 1 amide bonds. The van der Waals surface area contributed by atoms with Crippen molar-refractivity contribution in [1.82, 2.24) is 4.98 Å². The first kappa shape index (κ1) is 11.9. The second-order valence-electron chi connectivity index (χ2n) is 4.03. The van der Waals surface area contributed by atoms with Crippen molar-refractivity contribution in [2.24, 2.45) is 5.73 Å². The molecule has 2 rings (SSSR count). The molecule has 1 unspecified atom stereocenters. The monoisotopic (exact) mass is 235 g/mol. The lowest BCUT2D eigenvalue weighted by molar-refractivity contribution is -0.120. The fourth-order valence-corrected chi connectivity index (χ4v) is 1.92. The summed E-state index contributed by atoms with van der Waals surface area (Å²) in [6.07, 6.45) is 3.35. The van der Waals surface area contributed by atoms with Crippen LogP contribution in [0.1, 0.15) is 19.8 Å². The van der Waals surface area contributed by atoms with Crippen LogP contribution in [0.2, 0.25) is 0 Å². The Morgan fingerprint density at radius 2 is 2.41 bits per heavy atom. The quantitative estimate of drug-likeness (QED) is 0.846. The minimum atomic E-state index is -0.379. The minimum absolute atomic E-state index is 0.0257. The molecule has 0 aliphatic carbocycles. The molecule has 0 aromatic carbocycles. The molecule has 1 aliphatic rings. The predicted octanol–water partition coefficient (Wildman–Crippen LogP) is 0.934. The molecule has 0 radical (unpaired) electrons. The lowest BCUT2D eigenvalue weighted by Gasteiger charge is -2.30. The van der Waals surface area contributed by atoms with E-state index in [0.717, 1.165) is 18.5 Å². The summed E-state index contributed by atoms with van der Waals surface area (Å²) < 4.78 is 5.26. The van der Waals surface area contributed by atoms with Gasteiger partial charge in [-0.15, -0.1) is 0 Å². The number of anilines is 1. The normalized spacial score (nSPS) is 20.5. The number of carbonyl (C=O) groups excluding carboxylic acids is 1. The Hall–Kier alpha value is -1.62. The first-order valence-electron chi connectivity index (χ1n) is 5.88. The van der Waals surface area contributed by atoms with E-state index in [1.54, 1.807) is 17.2 Å². The SMILES string of the molecule is CCOc1ccc(N2CCCC(N)C2=O)cn1. The third kappa shape index (κ3) is 2.55. The highest BCUT2D eigenvalue weighted by Crippen LogP contribution is 2.21. The largest absolute Gasteiger partial charge is 0.478 e. The smallest absolute Gasteiger partial charge is 0.243 e. The number of ether oxygens (including phenoxy) is 1. The maximum absolute atomic E-state index is 11.9. The van der Waals surface area contributed by atoms with Gasteiger partial charge < -0.3 is 15.4 Å². The summed E-state index contributed by atoms with van der Waals surface area (Å²) in [6.45, 7) is 3.20. The molecule has 0 bridgehead atoms. The zero-order chi connectivity index (χ0) is 12.3. The third-order valence-electron chi connectivity index (χ3n) is 2.80. The number of rotatable bonds is 3. The Bertz CT molecular complexity index is 391. The average molecular weight is 235 g/mol. The molecule has 1 saturated heterocycles. The molecule has 2 N–H and O–H groups in total. The van der Waals surface area contributed by atoms with Gasteiger partial charge in [-0.3, -0.25) is 4.79 Å². The van der Waals surface area contributed by atoms with Gasteiger partial charge >= 0.3 is 0 Å². The fraction of sp³-hybridized carbons (Fsp3) is 0.500. The maximum Gasteiger partial charge on any atom is 0.243 e. The van der Waals surface area contributed by atoms with Gasteiger partial charge in [0, 0.05) is 12.6 Å². The van der Waals surface area contributed by atoms with E-state index < -0.39 is 0 Å². The van der Waals surface area contributed by atoms with Gasteiger partial charge in [0.15, 0.2) is 0 Å². The molecule has 0 spiro atoms. The highest BCUT2D eigenvalue weighted by atomic mass is 16.5. The topological polar surface area (TPSA) is 68.5 Å². The van der Waals surface area contributed by atoms with Gasteiger partial charge in [0.2, 0.25) is 11.8 Å². The summed E-state index contributed by atoms with van der Waals surface area (Å²) in [5.74, 6) is 0.548. The molecule has 5 heteroatoms. The molecule has 1 aromatic heterocycles. The zero-order valence-electron chi connectivity index (χ0n) is 9.93. The van der Waals surface area contributed by atoms with Crippen LogP contribution in [0.4, 0.5) is 5.69 Å². The molecule has 92 valence electrons. The van der Waals surface area contributed by atoms with Gasteiger partial charge in [0.05, 0.1) is 24.5 Å². The zero-order valence-corrected chi connectivity index (χ0v) is 9.93. The number of nitrogens with two attached hydrogens (primary N) is 1. The van der Waals surface area contributed by atoms with Crippen molar-refractivity contribution in [1.29, 1.82) is 0 Å². The van der Waals surface area contributed by atoms with E-state index in [4.69, 9.17) is 10.5 Å². The highest BCUT2D eigenvalue weighted by molar-refractivity contribution is 5.97. The molecule has 0 saturated carbocycles. The average Bonchev–Trinajstić information content (AvgIpc) is 2.34. The Labute approximate surface area is 101 Å². The van der Waals surface area contributed by atoms with Crippen LogP contribution in [0.25, 0.3) is 0 Å². The van der Waals surface area contributed by atoms with Crippen LogP contribution in [0.3, 0.4) is 0 Å². The van der Waals surface area contributed by atoms with E-state index in [-0.39, 0.29) is 11.9 Å². The van der Waals surface area contributed by atoms with Crippen molar-refractivity contribution in [3.63, 3.8) is 0 Å². The number of nitrogens with zero attached hydrogens (tertiary/aromatic N) is 2. The molecule has 1 atom stereocenters. The van der Waals surface area contributed by atoms with Crippen molar-refractivity contribution < 1.29 is 9.53 Å². The van der Waals surface area contributed by atoms with Crippen LogP contribution in [0, 0.1) is 0 Å².